The van der Waals surface area contributed by atoms with Crippen molar-refractivity contribution in [1.82, 2.24) is 0 Å². The maximum Gasteiger partial charge on any atom is 1.00 e. The Morgan fingerprint density at radius 1 is 0.900 bits per heavy atom. The van der Waals surface area contributed by atoms with Crippen molar-refractivity contribution in [3.8, 4) is 11.8 Å². The van der Waals surface area contributed by atoms with Crippen LogP contribution in [0.25, 0.3) is 0 Å². The molecule has 6 heteroatoms. The van der Waals surface area contributed by atoms with Gasteiger partial charge in [-0.05, 0) is 11.8 Å². The molecular formula is C4O4Rb2. The standard InChI is InChI=1S/C4H2O4.2Rb/c5-3(6)1-2-4(7)8;;/h(H,5,6)(H,7,8);;/q;2*+1/p-2. The van der Waals surface area contributed by atoms with E-state index in [1.54, 1.807) is 0 Å². The summed E-state index contributed by atoms with van der Waals surface area (Å²) in [6.45, 7) is 0. The van der Waals surface area contributed by atoms with Crippen molar-refractivity contribution in [2.75, 3.05) is 0 Å². The fraction of sp³-hybridized carbons (Fsp3) is 0. The summed E-state index contributed by atoms with van der Waals surface area (Å²) in [7, 11) is 0. The van der Waals surface area contributed by atoms with E-state index in [9.17, 15) is 19.8 Å². The smallest absolute Gasteiger partial charge is 0.537 e. The van der Waals surface area contributed by atoms with Crippen LogP contribution in [-0.4, -0.2) is 11.9 Å². The first-order valence-corrected chi connectivity index (χ1v) is 1.57. The third kappa shape index (κ3) is 16.6. The van der Waals surface area contributed by atoms with Gasteiger partial charge in [-0.15, -0.1) is 0 Å². The Kier molecular flexibility index (Phi) is 20.0. The number of rotatable bonds is 0. The van der Waals surface area contributed by atoms with E-state index in [0.29, 0.717) is 0 Å². The first kappa shape index (κ1) is 18.0. The van der Waals surface area contributed by atoms with Crippen molar-refractivity contribution >= 4 is 11.9 Å². The molecule has 0 N–H and O–H groups in total. The van der Waals surface area contributed by atoms with Gasteiger partial charge in [-0.25, -0.2) is 0 Å². The third-order valence-electron chi connectivity index (χ3n) is 0.267. The van der Waals surface area contributed by atoms with Gasteiger partial charge in [-0.3, -0.25) is 0 Å². The molecule has 0 aliphatic carbocycles. The predicted octanol–water partition coefficient (Wildman–Crippen LogP) is -9.50. The van der Waals surface area contributed by atoms with Crippen molar-refractivity contribution in [2.24, 2.45) is 0 Å². The molecule has 42 valence electrons. The van der Waals surface area contributed by atoms with Crippen molar-refractivity contribution in [3.63, 3.8) is 0 Å². The first-order chi connectivity index (χ1) is 3.63. The van der Waals surface area contributed by atoms with Gasteiger partial charge in [0.25, 0.3) is 0 Å². The zero-order chi connectivity index (χ0) is 6.57. The molecule has 0 aromatic carbocycles. The topological polar surface area (TPSA) is 80.3 Å². The fourth-order valence-corrected chi connectivity index (χ4v) is 0.102. The van der Waals surface area contributed by atoms with Gasteiger partial charge in [-0.2, -0.15) is 0 Å². The number of carbonyl (C=O) groups is 2. The third-order valence-corrected chi connectivity index (χ3v) is 0.267. The average Bonchev–Trinajstić information content (AvgIpc) is 1.61. The number of carboxylic acids is 2. The van der Waals surface area contributed by atoms with Gasteiger partial charge < -0.3 is 19.8 Å². The molecule has 0 aromatic heterocycles. The van der Waals surface area contributed by atoms with Crippen molar-refractivity contribution < 1.29 is 136 Å². The van der Waals surface area contributed by atoms with Gasteiger partial charge in [-0.1, -0.05) is 0 Å². The molecule has 4 nitrogen and oxygen atoms in total. The Hall–Kier alpha value is 2.11. The Labute approximate surface area is 155 Å². The molecule has 0 atom stereocenters. The van der Waals surface area contributed by atoms with Crippen LogP contribution in [0.4, 0.5) is 0 Å². The second kappa shape index (κ2) is 11.1. The summed E-state index contributed by atoms with van der Waals surface area (Å²) in [5.41, 5.74) is 0. The molecule has 0 fully saturated rings. The zero-order valence-corrected chi connectivity index (χ0v) is 15.5. The molecular weight excluding hydrogens is 283 g/mol. The normalized spacial score (nSPS) is 5.20. The monoisotopic (exact) mass is 282 g/mol. The Morgan fingerprint density at radius 2 is 1.10 bits per heavy atom. The molecule has 0 saturated carbocycles. The van der Waals surface area contributed by atoms with Crippen LogP contribution >= 0.6 is 0 Å². The number of carboxylic acid groups (broad SMARTS) is 2. The minimum atomic E-state index is -1.73. The van der Waals surface area contributed by atoms with E-state index in [2.05, 4.69) is 0 Å². The van der Waals surface area contributed by atoms with Crippen molar-refractivity contribution in [2.45, 2.75) is 0 Å². The molecule has 0 amide bonds. The van der Waals surface area contributed by atoms with Crippen LogP contribution < -0.4 is 127 Å². The van der Waals surface area contributed by atoms with E-state index in [0.717, 1.165) is 0 Å². The van der Waals surface area contributed by atoms with Crippen molar-refractivity contribution in [1.29, 1.82) is 0 Å². The van der Waals surface area contributed by atoms with E-state index >= 15 is 0 Å². The molecule has 0 radical (unpaired) electrons. The molecule has 10 heavy (non-hydrogen) atoms. The Morgan fingerprint density at radius 3 is 1.20 bits per heavy atom. The van der Waals surface area contributed by atoms with Crippen LogP contribution in [-0.2, 0) is 9.59 Å². The summed E-state index contributed by atoms with van der Waals surface area (Å²) in [6.07, 6.45) is 0. The maximum absolute atomic E-state index is 9.33. The summed E-state index contributed by atoms with van der Waals surface area (Å²) in [4.78, 5) is 18.7. The first-order valence-electron chi connectivity index (χ1n) is 1.57. The molecule has 0 bridgehead atoms. The van der Waals surface area contributed by atoms with Gasteiger partial charge in [0.15, 0.2) is 0 Å². The molecule has 0 aliphatic rings. The number of carbonyl (C=O) groups excluding carboxylic acids is 2. The fourth-order valence-electron chi connectivity index (χ4n) is 0.102. The number of aliphatic carboxylic acids is 2. The van der Waals surface area contributed by atoms with Crippen LogP contribution in [0.1, 0.15) is 0 Å². The quantitative estimate of drug-likeness (QED) is 0.413. The van der Waals surface area contributed by atoms with Crippen LogP contribution in [0.2, 0.25) is 0 Å². The second-order valence-electron chi connectivity index (χ2n) is 0.825. The van der Waals surface area contributed by atoms with Gasteiger partial charge in [0.05, 0.1) is 0 Å². The minimum absolute atomic E-state index is 0. The zero-order valence-electron chi connectivity index (χ0n) is 5.63. The molecule has 0 saturated heterocycles. The molecule has 0 aliphatic heterocycles. The predicted molar refractivity (Wildman–Crippen MR) is 17.8 cm³/mol. The molecule has 0 aromatic rings. The van der Waals surface area contributed by atoms with Crippen LogP contribution in [0.5, 0.6) is 0 Å². The number of hydrogen-bond acceptors (Lipinski definition) is 4. The summed E-state index contributed by atoms with van der Waals surface area (Å²) in [5.74, 6) is -0.978. The Balaban J connectivity index is -0.000000245. The largest absolute Gasteiger partial charge is 1.00 e. The summed E-state index contributed by atoms with van der Waals surface area (Å²) in [5, 5.41) is 18.7. The SMILES string of the molecule is O=C([O-])C#CC(=O)[O-].[Rb+].[Rb+]. The van der Waals surface area contributed by atoms with Gasteiger partial charge in [0.2, 0.25) is 0 Å². The van der Waals surface area contributed by atoms with E-state index in [4.69, 9.17) is 0 Å². The number of hydrogen-bond donors (Lipinski definition) is 0. The maximum atomic E-state index is 9.33. The summed E-state index contributed by atoms with van der Waals surface area (Å²) >= 11 is 0. The van der Waals surface area contributed by atoms with Crippen LogP contribution in [0, 0.1) is 11.8 Å². The van der Waals surface area contributed by atoms with E-state index < -0.39 is 11.9 Å². The van der Waals surface area contributed by atoms with Crippen molar-refractivity contribution in [3.05, 3.63) is 0 Å². The molecule has 0 spiro atoms. The van der Waals surface area contributed by atoms with Crippen LogP contribution in [0.3, 0.4) is 0 Å². The van der Waals surface area contributed by atoms with E-state index in [1.807, 2.05) is 0 Å². The summed E-state index contributed by atoms with van der Waals surface area (Å²) in [6, 6.07) is 0. The van der Waals surface area contributed by atoms with E-state index in [1.165, 1.54) is 11.8 Å². The molecule has 0 unspecified atom stereocenters. The minimum Gasteiger partial charge on any atom is -0.537 e. The van der Waals surface area contributed by atoms with Crippen LogP contribution in [0.15, 0.2) is 0 Å². The second-order valence-corrected chi connectivity index (χ2v) is 0.825. The average molecular weight is 283 g/mol. The van der Waals surface area contributed by atoms with Gasteiger partial charge in [0, 0.05) is 0 Å². The summed E-state index contributed by atoms with van der Waals surface area (Å²) < 4.78 is 0. The molecule has 0 heterocycles. The Bertz CT molecular complexity index is 159. The molecule has 0 rings (SSSR count). The van der Waals surface area contributed by atoms with Gasteiger partial charge >= 0.3 is 116 Å². The van der Waals surface area contributed by atoms with Gasteiger partial charge in [0.1, 0.15) is 11.9 Å². The van der Waals surface area contributed by atoms with E-state index in [-0.39, 0.29) is 116 Å².